The molecule has 3 nitrogen and oxygen atoms in total. The monoisotopic (exact) mass is 186 g/mol. The van der Waals surface area contributed by atoms with Gasteiger partial charge >= 0.3 is 0 Å². The van der Waals surface area contributed by atoms with E-state index in [-0.39, 0.29) is 0 Å². The lowest BCUT2D eigenvalue weighted by Gasteiger charge is -2.15. The number of nitrogens with zero attached hydrogens (tertiary/aromatic N) is 1. The van der Waals surface area contributed by atoms with E-state index in [1.165, 1.54) is 26.1 Å². The van der Waals surface area contributed by atoms with Crippen molar-refractivity contribution in [1.82, 2.24) is 10.2 Å². The van der Waals surface area contributed by atoms with Crippen LogP contribution in [-0.4, -0.2) is 49.8 Å². The van der Waals surface area contributed by atoms with E-state index in [4.69, 9.17) is 5.11 Å². The molecule has 1 fully saturated rings. The lowest BCUT2D eigenvalue weighted by Crippen LogP contribution is -2.25. The molecule has 2 N–H and O–H groups in total. The second kappa shape index (κ2) is 6.35. The zero-order valence-electron chi connectivity index (χ0n) is 8.63. The summed E-state index contributed by atoms with van der Waals surface area (Å²) < 4.78 is 0. The normalized spacial score (nSPS) is 24.0. The summed E-state index contributed by atoms with van der Waals surface area (Å²) in [6.45, 7) is 5.15. The van der Waals surface area contributed by atoms with Crippen molar-refractivity contribution in [1.29, 1.82) is 0 Å². The van der Waals surface area contributed by atoms with E-state index in [9.17, 15) is 0 Å². The highest BCUT2D eigenvalue weighted by molar-refractivity contribution is 4.76. The number of nitrogens with one attached hydrogen (secondary N) is 1. The molecule has 0 spiro atoms. The minimum absolute atomic E-state index is 0.341. The molecule has 0 bridgehead atoms. The highest BCUT2D eigenvalue weighted by atomic mass is 16.2. The first kappa shape index (κ1) is 11.0. The van der Waals surface area contributed by atoms with Crippen molar-refractivity contribution < 1.29 is 5.11 Å². The van der Waals surface area contributed by atoms with Gasteiger partial charge in [-0.25, -0.2) is 0 Å². The molecule has 0 aromatic heterocycles. The van der Waals surface area contributed by atoms with E-state index < -0.39 is 0 Å². The lowest BCUT2D eigenvalue weighted by molar-refractivity contribution is 0.260. The molecule has 3 heteroatoms. The van der Waals surface area contributed by atoms with Crippen LogP contribution in [0.25, 0.3) is 0 Å². The van der Waals surface area contributed by atoms with Gasteiger partial charge in [-0.2, -0.15) is 0 Å². The van der Waals surface area contributed by atoms with Crippen LogP contribution in [-0.2, 0) is 0 Å². The standard InChI is InChI=1S/C10H22N2O/c1-11-8-10-4-6-12(9-10)5-2-3-7-13/h10-11,13H,2-9H2,1H3. The van der Waals surface area contributed by atoms with Crippen LogP contribution in [0.15, 0.2) is 0 Å². The fourth-order valence-corrected chi connectivity index (χ4v) is 2.02. The molecule has 0 aliphatic carbocycles. The Hall–Kier alpha value is -0.120. The number of aliphatic hydroxyl groups is 1. The van der Waals surface area contributed by atoms with Gasteiger partial charge in [-0.3, -0.25) is 0 Å². The van der Waals surface area contributed by atoms with Gasteiger partial charge in [-0.05, 0) is 51.9 Å². The number of likely N-dealkylation sites (tertiary alicyclic amines) is 1. The van der Waals surface area contributed by atoms with Gasteiger partial charge in [0, 0.05) is 13.2 Å². The molecule has 1 saturated heterocycles. The highest BCUT2D eigenvalue weighted by Crippen LogP contribution is 2.15. The third-order valence-corrected chi connectivity index (χ3v) is 2.75. The quantitative estimate of drug-likeness (QED) is 0.586. The summed E-state index contributed by atoms with van der Waals surface area (Å²) in [6.07, 6.45) is 3.43. The molecular formula is C10H22N2O. The summed E-state index contributed by atoms with van der Waals surface area (Å²) in [5.74, 6) is 0.846. The van der Waals surface area contributed by atoms with Gasteiger partial charge in [0.05, 0.1) is 0 Å². The van der Waals surface area contributed by atoms with Gasteiger partial charge in [0.1, 0.15) is 0 Å². The van der Waals surface area contributed by atoms with Crippen LogP contribution in [0.4, 0.5) is 0 Å². The first-order valence-electron chi connectivity index (χ1n) is 5.34. The molecule has 1 atom stereocenters. The Balaban J connectivity index is 2.03. The predicted molar refractivity (Wildman–Crippen MR) is 54.8 cm³/mol. The van der Waals surface area contributed by atoms with Crippen molar-refractivity contribution in [2.45, 2.75) is 19.3 Å². The van der Waals surface area contributed by atoms with E-state index in [0.717, 1.165) is 25.3 Å². The molecule has 1 rings (SSSR count). The van der Waals surface area contributed by atoms with E-state index in [2.05, 4.69) is 10.2 Å². The molecule has 0 saturated carbocycles. The first-order chi connectivity index (χ1) is 6.36. The summed E-state index contributed by atoms with van der Waals surface area (Å²) >= 11 is 0. The predicted octanol–water partition coefficient (Wildman–Crippen LogP) is 0.300. The summed E-state index contributed by atoms with van der Waals surface area (Å²) in [6, 6.07) is 0. The zero-order chi connectivity index (χ0) is 9.52. The topological polar surface area (TPSA) is 35.5 Å². The second-order valence-corrected chi connectivity index (χ2v) is 3.94. The van der Waals surface area contributed by atoms with Crippen LogP contribution in [0.2, 0.25) is 0 Å². The molecule has 13 heavy (non-hydrogen) atoms. The smallest absolute Gasteiger partial charge is 0.0431 e. The third-order valence-electron chi connectivity index (χ3n) is 2.75. The lowest BCUT2D eigenvalue weighted by atomic mass is 10.1. The number of hydrogen-bond acceptors (Lipinski definition) is 3. The number of hydrogen-bond donors (Lipinski definition) is 2. The third kappa shape index (κ3) is 4.07. The van der Waals surface area contributed by atoms with Gasteiger partial charge in [-0.15, -0.1) is 0 Å². The summed E-state index contributed by atoms with van der Waals surface area (Å²) in [7, 11) is 2.02. The number of rotatable bonds is 6. The molecule has 1 heterocycles. The molecule has 0 amide bonds. The van der Waals surface area contributed by atoms with Gasteiger partial charge in [0.15, 0.2) is 0 Å². The molecule has 1 aliphatic heterocycles. The number of aliphatic hydroxyl groups excluding tert-OH is 1. The fraction of sp³-hybridized carbons (Fsp3) is 1.00. The minimum atomic E-state index is 0.341. The maximum Gasteiger partial charge on any atom is 0.0431 e. The molecule has 0 radical (unpaired) electrons. The van der Waals surface area contributed by atoms with Crippen LogP contribution in [0.5, 0.6) is 0 Å². The maximum absolute atomic E-state index is 8.65. The Morgan fingerprint density at radius 3 is 3.00 bits per heavy atom. The van der Waals surface area contributed by atoms with E-state index >= 15 is 0 Å². The maximum atomic E-state index is 8.65. The van der Waals surface area contributed by atoms with E-state index in [1.807, 2.05) is 7.05 Å². The summed E-state index contributed by atoms with van der Waals surface area (Å²) in [5.41, 5.74) is 0. The molecule has 0 aromatic carbocycles. The van der Waals surface area contributed by atoms with Crippen molar-refractivity contribution in [3.8, 4) is 0 Å². The SMILES string of the molecule is CNCC1CCN(CCCCO)C1. The van der Waals surface area contributed by atoms with Crippen molar-refractivity contribution in [3.05, 3.63) is 0 Å². The molecule has 0 aromatic rings. The van der Waals surface area contributed by atoms with Crippen LogP contribution < -0.4 is 5.32 Å². The Morgan fingerprint density at radius 1 is 1.46 bits per heavy atom. The molecular weight excluding hydrogens is 164 g/mol. The second-order valence-electron chi connectivity index (χ2n) is 3.94. The van der Waals surface area contributed by atoms with Gasteiger partial charge in [0.25, 0.3) is 0 Å². The van der Waals surface area contributed by atoms with Gasteiger partial charge in [-0.1, -0.05) is 0 Å². The summed E-state index contributed by atoms with van der Waals surface area (Å²) in [4.78, 5) is 2.51. The van der Waals surface area contributed by atoms with Gasteiger partial charge in [0.2, 0.25) is 0 Å². The highest BCUT2D eigenvalue weighted by Gasteiger charge is 2.20. The van der Waals surface area contributed by atoms with Crippen molar-refractivity contribution >= 4 is 0 Å². The average Bonchev–Trinajstić information content (AvgIpc) is 2.54. The fourth-order valence-electron chi connectivity index (χ4n) is 2.02. The van der Waals surface area contributed by atoms with Crippen LogP contribution in [0.3, 0.4) is 0 Å². The largest absolute Gasteiger partial charge is 0.396 e. The number of unbranched alkanes of at least 4 members (excludes halogenated alkanes) is 1. The van der Waals surface area contributed by atoms with E-state index in [1.54, 1.807) is 0 Å². The van der Waals surface area contributed by atoms with Crippen LogP contribution in [0, 0.1) is 5.92 Å². The zero-order valence-corrected chi connectivity index (χ0v) is 8.63. The van der Waals surface area contributed by atoms with Crippen LogP contribution >= 0.6 is 0 Å². The Kier molecular flexibility index (Phi) is 5.35. The molecule has 78 valence electrons. The Bertz CT molecular complexity index is 130. The van der Waals surface area contributed by atoms with E-state index in [0.29, 0.717) is 6.61 Å². The van der Waals surface area contributed by atoms with Crippen molar-refractivity contribution in [2.75, 3.05) is 39.8 Å². The Morgan fingerprint density at radius 2 is 2.31 bits per heavy atom. The molecule has 1 unspecified atom stereocenters. The summed E-state index contributed by atoms with van der Waals surface area (Å²) in [5, 5.41) is 11.9. The average molecular weight is 186 g/mol. The minimum Gasteiger partial charge on any atom is -0.396 e. The molecule has 1 aliphatic rings. The first-order valence-corrected chi connectivity index (χ1v) is 5.34. The Labute approximate surface area is 81.1 Å². The van der Waals surface area contributed by atoms with Gasteiger partial charge < -0.3 is 15.3 Å². The van der Waals surface area contributed by atoms with Crippen molar-refractivity contribution in [3.63, 3.8) is 0 Å². The van der Waals surface area contributed by atoms with Crippen LogP contribution in [0.1, 0.15) is 19.3 Å². The van der Waals surface area contributed by atoms with Crippen molar-refractivity contribution in [2.24, 2.45) is 5.92 Å².